The fourth-order valence-electron chi connectivity index (χ4n) is 2.34. The molecule has 1 saturated heterocycles. The predicted molar refractivity (Wildman–Crippen MR) is 85.0 cm³/mol. The van der Waals surface area contributed by atoms with Gasteiger partial charge in [0, 0.05) is 0 Å². The number of sulfone groups is 1. The summed E-state index contributed by atoms with van der Waals surface area (Å²) in [6.07, 6.45) is 1.89. The van der Waals surface area contributed by atoms with Crippen LogP contribution in [0.25, 0.3) is 0 Å². The van der Waals surface area contributed by atoms with Gasteiger partial charge in [-0.05, 0) is 30.5 Å². The molecule has 8 heteroatoms. The Kier molecular flexibility index (Phi) is 4.85. The van der Waals surface area contributed by atoms with Crippen molar-refractivity contribution in [3.8, 4) is 0 Å². The predicted octanol–water partition coefficient (Wildman–Crippen LogP) is 2.22. The van der Waals surface area contributed by atoms with Crippen LogP contribution in [0.15, 0.2) is 18.2 Å². The van der Waals surface area contributed by atoms with Crippen molar-refractivity contribution < 1.29 is 16.8 Å². The lowest BCUT2D eigenvalue weighted by molar-refractivity contribution is 0.587. The number of aryl methyl sites for hydroxylation is 1. The van der Waals surface area contributed by atoms with Gasteiger partial charge >= 0.3 is 0 Å². The van der Waals surface area contributed by atoms with E-state index >= 15 is 0 Å². The van der Waals surface area contributed by atoms with Crippen molar-refractivity contribution in [2.45, 2.75) is 31.4 Å². The molecule has 1 fully saturated rings. The van der Waals surface area contributed by atoms with Crippen LogP contribution in [-0.4, -0.2) is 33.6 Å². The third kappa shape index (κ3) is 4.11. The van der Waals surface area contributed by atoms with Crippen LogP contribution in [0.4, 0.5) is 5.69 Å². The molecule has 1 aromatic rings. The van der Waals surface area contributed by atoms with Crippen molar-refractivity contribution in [3.05, 3.63) is 28.8 Å². The van der Waals surface area contributed by atoms with E-state index in [0.717, 1.165) is 18.4 Å². The third-order valence-corrected chi connectivity index (χ3v) is 7.54. The summed E-state index contributed by atoms with van der Waals surface area (Å²) in [6, 6.07) is 5.20. The van der Waals surface area contributed by atoms with E-state index in [4.69, 9.17) is 11.6 Å². The second-order valence-corrected chi connectivity index (χ2v) is 9.83. The zero-order valence-electron chi connectivity index (χ0n) is 11.7. The van der Waals surface area contributed by atoms with Gasteiger partial charge in [-0.2, -0.15) is 0 Å². The Morgan fingerprint density at radius 3 is 2.67 bits per heavy atom. The highest BCUT2D eigenvalue weighted by molar-refractivity contribution is 7.97. The summed E-state index contributed by atoms with van der Waals surface area (Å²) in [7, 11) is -7.00. The molecular formula is C13H18ClNO4S2. The van der Waals surface area contributed by atoms with E-state index in [0.29, 0.717) is 10.7 Å². The lowest BCUT2D eigenvalue weighted by Crippen LogP contribution is -2.29. The van der Waals surface area contributed by atoms with E-state index in [1.165, 1.54) is 0 Å². The second-order valence-electron chi connectivity index (χ2n) is 5.24. The summed E-state index contributed by atoms with van der Waals surface area (Å²) in [4.78, 5) is 0. The summed E-state index contributed by atoms with van der Waals surface area (Å²) in [5, 5.41) is -0.604. The first kappa shape index (κ1) is 16.6. The average Bonchev–Trinajstić information content (AvgIpc) is 2.75. The number of nitrogens with one attached hydrogen (secondary N) is 1. The van der Waals surface area contributed by atoms with E-state index < -0.39 is 25.1 Å². The van der Waals surface area contributed by atoms with Crippen LogP contribution >= 0.6 is 11.6 Å². The van der Waals surface area contributed by atoms with E-state index in [1.807, 2.05) is 13.0 Å². The number of hydrogen-bond donors (Lipinski definition) is 1. The molecule has 1 aliphatic rings. The maximum absolute atomic E-state index is 12.3. The smallest absolute Gasteiger partial charge is 0.236 e. The maximum atomic E-state index is 12.3. The van der Waals surface area contributed by atoms with Crippen LogP contribution in [0.1, 0.15) is 25.3 Å². The van der Waals surface area contributed by atoms with E-state index in [1.54, 1.807) is 12.1 Å². The van der Waals surface area contributed by atoms with Gasteiger partial charge in [0.2, 0.25) is 10.0 Å². The van der Waals surface area contributed by atoms with Gasteiger partial charge in [0.1, 0.15) is 0 Å². The quantitative estimate of drug-likeness (QED) is 0.882. The van der Waals surface area contributed by atoms with Crippen LogP contribution in [0.3, 0.4) is 0 Å². The van der Waals surface area contributed by atoms with E-state index in [9.17, 15) is 16.8 Å². The first-order valence-electron chi connectivity index (χ1n) is 6.74. The second kappa shape index (κ2) is 6.14. The fraction of sp³-hybridized carbons (Fsp3) is 0.538. The van der Waals surface area contributed by atoms with Gasteiger partial charge in [0.05, 0.1) is 27.5 Å². The molecule has 0 saturated carbocycles. The Balaban J connectivity index is 2.22. The van der Waals surface area contributed by atoms with Gasteiger partial charge in [-0.15, -0.1) is 0 Å². The first-order valence-corrected chi connectivity index (χ1v) is 10.5. The molecule has 1 unspecified atom stereocenters. The minimum Gasteiger partial charge on any atom is -0.282 e. The highest BCUT2D eigenvalue weighted by Gasteiger charge is 2.37. The van der Waals surface area contributed by atoms with Gasteiger partial charge in [-0.1, -0.05) is 31.0 Å². The van der Waals surface area contributed by atoms with Crippen LogP contribution in [0, 0.1) is 0 Å². The highest BCUT2D eigenvalue weighted by atomic mass is 35.5. The SMILES string of the molecule is CCCc1ccc(Cl)c(NS(=O)(=O)C2CCS(=O)(=O)C2)c1. The number of anilines is 1. The van der Waals surface area contributed by atoms with Crippen molar-refractivity contribution >= 4 is 37.1 Å². The Bertz CT molecular complexity index is 729. The molecule has 5 nitrogen and oxygen atoms in total. The molecule has 0 bridgehead atoms. The molecule has 0 amide bonds. The minimum atomic E-state index is -3.75. The molecule has 0 aromatic heterocycles. The highest BCUT2D eigenvalue weighted by Crippen LogP contribution is 2.27. The number of halogens is 1. The van der Waals surface area contributed by atoms with Crippen LogP contribution < -0.4 is 4.72 Å². The van der Waals surface area contributed by atoms with Crippen LogP contribution in [0.2, 0.25) is 5.02 Å². The van der Waals surface area contributed by atoms with E-state index in [2.05, 4.69) is 4.72 Å². The first-order chi connectivity index (χ1) is 9.73. The van der Waals surface area contributed by atoms with E-state index in [-0.39, 0.29) is 17.9 Å². The molecule has 0 spiro atoms. The third-order valence-electron chi connectivity index (χ3n) is 3.45. The Morgan fingerprint density at radius 2 is 2.10 bits per heavy atom. The zero-order chi connectivity index (χ0) is 15.7. The molecule has 1 N–H and O–H groups in total. The standard InChI is InChI=1S/C13H18ClNO4S2/c1-2-3-10-4-5-12(14)13(8-10)15-21(18,19)11-6-7-20(16,17)9-11/h4-5,8,11,15H,2-3,6-7,9H2,1H3. The number of benzene rings is 1. The number of hydrogen-bond acceptors (Lipinski definition) is 4. The summed E-state index contributed by atoms with van der Waals surface area (Å²) in [5.41, 5.74) is 1.30. The van der Waals surface area contributed by atoms with Gasteiger partial charge in [0.15, 0.2) is 9.84 Å². The summed E-state index contributed by atoms with van der Waals surface area (Å²) in [6.45, 7) is 2.03. The minimum absolute atomic E-state index is 0.0812. The lowest BCUT2D eigenvalue weighted by atomic mass is 10.1. The normalized spacial score (nSPS) is 21.3. The molecule has 0 radical (unpaired) electrons. The number of sulfonamides is 1. The monoisotopic (exact) mass is 351 g/mol. The van der Waals surface area contributed by atoms with Crippen molar-refractivity contribution in [1.82, 2.24) is 0 Å². The molecule has 1 aliphatic heterocycles. The largest absolute Gasteiger partial charge is 0.282 e. The number of rotatable bonds is 5. The Labute approximate surface area is 130 Å². The van der Waals surface area contributed by atoms with Crippen molar-refractivity contribution in [3.63, 3.8) is 0 Å². The van der Waals surface area contributed by atoms with Gasteiger partial charge in [0.25, 0.3) is 0 Å². The molecular weight excluding hydrogens is 334 g/mol. The van der Waals surface area contributed by atoms with Crippen LogP contribution in [0.5, 0.6) is 0 Å². The summed E-state index contributed by atoms with van der Waals surface area (Å²) in [5.74, 6) is -0.406. The molecule has 1 heterocycles. The summed E-state index contributed by atoms with van der Waals surface area (Å²) < 4.78 is 49.9. The van der Waals surface area contributed by atoms with Gasteiger partial charge < -0.3 is 0 Å². The van der Waals surface area contributed by atoms with Crippen molar-refractivity contribution in [1.29, 1.82) is 0 Å². The summed E-state index contributed by atoms with van der Waals surface area (Å²) >= 11 is 6.02. The van der Waals surface area contributed by atoms with Gasteiger partial charge in [-0.25, -0.2) is 16.8 Å². The molecule has 118 valence electrons. The lowest BCUT2D eigenvalue weighted by Gasteiger charge is -2.14. The van der Waals surface area contributed by atoms with Crippen molar-refractivity contribution in [2.24, 2.45) is 0 Å². The Hall–Kier alpha value is -0.790. The topological polar surface area (TPSA) is 80.3 Å². The Morgan fingerprint density at radius 1 is 1.38 bits per heavy atom. The fourth-order valence-corrected chi connectivity index (χ4v) is 6.66. The maximum Gasteiger partial charge on any atom is 0.236 e. The molecule has 21 heavy (non-hydrogen) atoms. The molecule has 1 aromatic carbocycles. The molecule has 0 aliphatic carbocycles. The molecule has 1 atom stereocenters. The van der Waals surface area contributed by atoms with Crippen molar-refractivity contribution in [2.75, 3.05) is 16.2 Å². The van der Waals surface area contributed by atoms with Crippen LogP contribution in [-0.2, 0) is 26.3 Å². The average molecular weight is 352 g/mol. The zero-order valence-corrected chi connectivity index (χ0v) is 14.1. The molecule has 2 rings (SSSR count). The van der Waals surface area contributed by atoms with Gasteiger partial charge in [-0.3, -0.25) is 4.72 Å².